The van der Waals surface area contributed by atoms with Gasteiger partial charge in [0.15, 0.2) is 0 Å². The fourth-order valence-electron chi connectivity index (χ4n) is 1.77. The number of nitrogens with two attached hydrogens (primary N) is 1. The molecule has 0 amide bonds. The molecule has 1 saturated heterocycles. The van der Waals surface area contributed by atoms with Gasteiger partial charge in [0, 0.05) is 6.04 Å². The van der Waals surface area contributed by atoms with E-state index < -0.39 is 17.3 Å². The molecular weight excluding hydrogens is 186 g/mol. The van der Waals surface area contributed by atoms with Crippen LogP contribution in [-0.2, 0) is 0 Å². The fraction of sp³-hybridized carbons (Fsp3) is 0.400. The zero-order chi connectivity index (χ0) is 10.1. The minimum atomic E-state index is -0.673. The van der Waals surface area contributed by atoms with Gasteiger partial charge in [-0.1, -0.05) is 0 Å². The summed E-state index contributed by atoms with van der Waals surface area (Å²) in [6.45, 7) is 0.901. The second kappa shape index (κ2) is 3.53. The zero-order valence-electron chi connectivity index (χ0n) is 7.69. The van der Waals surface area contributed by atoms with Gasteiger partial charge in [-0.05, 0) is 37.1 Å². The average molecular weight is 198 g/mol. The van der Waals surface area contributed by atoms with Gasteiger partial charge in [0.1, 0.15) is 17.3 Å². The van der Waals surface area contributed by atoms with E-state index in [0.29, 0.717) is 5.56 Å². The van der Waals surface area contributed by atoms with E-state index in [2.05, 4.69) is 5.32 Å². The first-order valence-corrected chi connectivity index (χ1v) is 4.66. The Morgan fingerprint density at radius 3 is 2.43 bits per heavy atom. The van der Waals surface area contributed by atoms with E-state index in [1.165, 1.54) is 12.1 Å². The summed E-state index contributed by atoms with van der Waals surface area (Å²) in [6, 6.07) is 2.68. The van der Waals surface area contributed by atoms with E-state index >= 15 is 0 Å². The summed E-state index contributed by atoms with van der Waals surface area (Å²) in [6.07, 6.45) is 1.96. The molecule has 1 aromatic carbocycles. The Kier molecular flexibility index (Phi) is 2.37. The summed E-state index contributed by atoms with van der Waals surface area (Å²) in [5.41, 5.74) is 5.43. The van der Waals surface area contributed by atoms with Crippen LogP contribution < -0.4 is 11.1 Å². The zero-order valence-corrected chi connectivity index (χ0v) is 7.69. The molecule has 1 aliphatic rings. The molecule has 14 heavy (non-hydrogen) atoms. The SMILES string of the molecule is Nc1c(F)cc([C@H]2CCCN2)cc1F. The van der Waals surface area contributed by atoms with Crippen molar-refractivity contribution in [3.8, 4) is 0 Å². The molecular formula is C10H12F2N2. The smallest absolute Gasteiger partial charge is 0.149 e. The molecule has 0 aliphatic carbocycles. The molecule has 2 rings (SSSR count). The van der Waals surface area contributed by atoms with Crippen LogP contribution in [0.2, 0.25) is 0 Å². The lowest BCUT2D eigenvalue weighted by atomic mass is 10.0. The Bertz CT molecular complexity index is 323. The maximum absolute atomic E-state index is 13.1. The molecule has 4 heteroatoms. The molecule has 3 N–H and O–H groups in total. The third kappa shape index (κ3) is 1.57. The number of nitrogen functional groups attached to an aromatic ring is 1. The highest BCUT2D eigenvalue weighted by molar-refractivity contribution is 5.44. The standard InChI is InChI=1S/C10H12F2N2/c11-7-4-6(5-8(12)10(7)13)9-2-1-3-14-9/h4-5,9,14H,1-3,13H2/t9-/m1/s1. The fourth-order valence-corrected chi connectivity index (χ4v) is 1.77. The minimum Gasteiger partial charge on any atom is -0.394 e. The third-order valence-electron chi connectivity index (χ3n) is 2.56. The van der Waals surface area contributed by atoms with E-state index in [-0.39, 0.29) is 6.04 Å². The molecule has 0 spiro atoms. The summed E-state index contributed by atoms with van der Waals surface area (Å²) >= 11 is 0. The van der Waals surface area contributed by atoms with Crippen LogP contribution in [0.3, 0.4) is 0 Å². The average Bonchev–Trinajstić information content (AvgIpc) is 2.66. The van der Waals surface area contributed by atoms with Gasteiger partial charge in [-0.2, -0.15) is 0 Å². The highest BCUT2D eigenvalue weighted by Gasteiger charge is 2.18. The molecule has 1 heterocycles. The molecule has 1 aromatic rings. The Hall–Kier alpha value is -1.16. The summed E-state index contributed by atoms with van der Waals surface area (Å²) in [5.74, 6) is -1.34. The van der Waals surface area contributed by atoms with Crippen molar-refractivity contribution in [2.45, 2.75) is 18.9 Å². The Morgan fingerprint density at radius 1 is 1.29 bits per heavy atom. The van der Waals surface area contributed by atoms with Gasteiger partial charge < -0.3 is 11.1 Å². The van der Waals surface area contributed by atoms with Crippen molar-refractivity contribution >= 4 is 5.69 Å². The topological polar surface area (TPSA) is 38.0 Å². The van der Waals surface area contributed by atoms with Gasteiger partial charge in [0.25, 0.3) is 0 Å². The van der Waals surface area contributed by atoms with E-state index in [0.717, 1.165) is 19.4 Å². The second-order valence-corrected chi connectivity index (χ2v) is 3.55. The Balaban J connectivity index is 2.34. The molecule has 0 radical (unpaired) electrons. The van der Waals surface area contributed by atoms with Crippen molar-refractivity contribution < 1.29 is 8.78 Å². The number of benzene rings is 1. The lowest BCUT2D eigenvalue weighted by molar-refractivity contribution is 0.572. The summed E-state index contributed by atoms with van der Waals surface area (Å²) < 4.78 is 26.2. The third-order valence-corrected chi connectivity index (χ3v) is 2.56. The van der Waals surface area contributed by atoms with Crippen molar-refractivity contribution in [3.63, 3.8) is 0 Å². The van der Waals surface area contributed by atoms with Crippen LogP contribution in [0.25, 0.3) is 0 Å². The molecule has 0 unspecified atom stereocenters. The lowest BCUT2D eigenvalue weighted by Crippen LogP contribution is -2.13. The van der Waals surface area contributed by atoms with Crippen LogP contribution in [0.5, 0.6) is 0 Å². The normalized spacial score (nSPS) is 21.4. The number of hydrogen-bond acceptors (Lipinski definition) is 2. The molecule has 1 aliphatic heterocycles. The van der Waals surface area contributed by atoms with E-state index in [4.69, 9.17) is 5.73 Å². The van der Waals surface area contributed by atoms with Crippen LogP contribution in [0.1, 0.15) is 24.4 Å². The van der Waals surface area contributed by atoms with E-state index in [9.17, 15) is 8.78 Å². The number of nitrogens with one attached hydrogen (secondary N) is 1. The van der Waals surface area contributed by atoms with Crippen LogP contribution in [-0.4, -0.2) is 6.54 Å². The molecule has 1 fully saturated rings. The molecule has 0 saturated carbocycles. The maximum atomic E-state index is 13.1. The van der Waals surface area contributed by atoms with E-state index in [1.807, 2.05) is 0 Å². The van der Waals surface area contributed by atoms with Crippen LogP contribution >= 0.6 is 0 Å². The predicted octanol–water partition coefficient (Wildman–Crippen LogP) is 1.97. The Morgan fingerprint density at radius 2 is 1.93 bits per heavy atom. The maximum Gasteiger partial charge on any atom is 0.149 e. The number of halogens is 2. The van der Waals surface area contributed by atoms with Gasteiger partial charge >= 0.3 is 0 Å². The monoisotopic (exact) mass is 198 g/mol. The lowest BCUT2D eigenvalue weighted by Gasteiger charge is -2.11. The van der Waals surface area contributed by atoms with Crippen LogP contribution in [0.4, 0.5) is 14.5 Å². The largest absolute Gasteiger partial charge is 0.394 e. The summed E-state index contributed by atoms with van der Waals surface area (Å²) in [7, 11) is 0. The van der Waals surface area contributed by atoms with Crippen molar-refractivity contribution in [2.75, 3.05) is 12.3 Å². The van der Waals surface area contributed by atoms with Crippen molar-refractivity contribution in [2.24, 2.45) is 0 Å². The quantitative estimate of drug-likeness (QED) is 0.677. The van der Waals surface area contributed by atoms with Crippen LogP contribution in [0, 0.1) is 11.6 Å². The molecule has 0 bridgehead atoms. The van der Waals surface area contributed by atoms with Crippen molar-refractivity contribution in [1.29, 1.82) is 0 Å². The van der Waals surface area contributed by atoms with Crippen LogP contribution in [0.15, 0.2) is 12.1 Å². The Labute approximate surface area is 81.1 Å². The molecule has 0 aromatic heterocycles. The highest BCUT2D eigenvalue weighted by Crippen LogP contribution is 2.26. The predicted molar refractivity (Wildman–Crippen MR) is 50.7 cm³/mol. The van der Waals surface area contributed by atoms with Gasteiger partial charge in [-0.15, -0.1) is 0 Å². The molecule has 76 valence electrons. The first-order chi connectivity index (χ1) is 6.68. The van der Waals surface area contributed by atoms with Gasteiger partial charge in [0.05, 0.1) is 0 Å². The molecule has 1 atom stereocenters. The summed E-state index contributed by atoms with van der Waals surface area (Å²) in [4.78, 5) is 0. The van der Waals surface area contributed by atoms with Gasteiger partial charge in [-0.3, -0.25) is 0 Å². The second-order valence-electron chi connectivity index (χ2n) is 3.55. The minimum absolute atomic E-state index is 0.0691. The number of hydrogen-bond donors (Lipinski definition) is 2. The highest BCUT2D eigenvalue weighted by atomic mass is 19.1. The number of rotatable bonds is 1. The van der Waals surface area contributed by atoms with Crippen molar-refractivity contribution in [3.05, 3.63) is 29.3 Å². The van der Waals surface area contributed by atoms with Gasteiger partial charge in [-0.25, -0.2) is 8.78 Å². The first kappa shape index (κ1) is 9.40. The summed E-state index contributed by atoms with van der Waals surface area (Å²) in [5, 5.41) is 3.17. The van der Waals surface area contributed by atoms with E-state index in [1.54, 1.807) is 0 Å². The first-order valence-electron chi connectivity index (χ1n) is 4.66. The number of anilines is 1. The van der Waals surface area contributed by atoms with Gasteiger partial charge in [0.2, 0.25) is 0 Å². The molecule has 2 nitrogen and oxygen atoms in total. The van der Waals surface area contributed by atoms with Crippen molar-refractivity contribution in [1.82, 2.24) is 5.32 Å².